The molecule has 0 aliphatic carbocycles. The Bertz CT molecular complexity index is 387. The summed E-state index contributed by atoms with van der Waals surface area (Å²) in [5.41, 5.74) is 5.06. The molecular weight excluding hydrogens is 206 g/mol. The first kappa shape index (κ1) is 12.6. The van der Waals surface area contributed by atoms with Gasteiger partial charge in [0.25, 0.3) is 0 Å². The summed E-state index contributed by atoms with van der Waals surface area (Å²) in [6.45, 7) is 11.6. The molecule has 94 valence electrons. The predicted octanol–water partition coefficient (Wildman–Crippen LogP) is 3.45. The summed E-state index contributed by atoms with van der Waals surface area (Å²) in [5.74, 6) is 0. The summed E-state index contributed by atoms with van der Waals surface area (Å²) in [6.07, 6.45) is 3.59. The van der Waals surface area contributed by atoms with Crippen LogP contribution in [0, 0.1) is 0 Å². The van der Waals surface area contributed by atoms with Gasteiger partial charge in [0.1, 0.15) is 0 Å². The van der Waals surface area contributed by atoms with Gasteiger partial charge in [-0.2, -0.15) is 0 Å². The lowest BCUT2D eigenvalue weighted by Gasteiger charge is -2.34. The minimum absolute atomic E-state index is 0.300. The van der Waals surface area contributed by atoms with E-state index in [4.69, 9.17) is 0 Å². The number of benzene rings is 1. The number of rotatable bonds is 1. The van der Waals surface area contributed by atoms with E-state index >= 15 is 0 Å². The van der Waals surface area contributed by atoms with Crippen molar-refractivity contribution in [2.24, 2.45) is 0 Å². The van der Waals surface area contributed by atoms with Gasteiger partial charge in [-0.3, -0.25) is 4.90 Å². The second-order valence-corrected chi connectivity index (χ2v) is 6.07. The molecule has 1 aromatic rings. The van der Waals surface area contributed by atoms with E-state index < -0.39 is 0 Å². The maximum absolute atomic E-state index is 2.62. The van der Waals surface area contributed by atoms with Crippen molar-refractivity contribution in [1.82, 2.24) is 4.90 Å². The number of hydrogen-bond donors (Lipinski definition) is 0. The van der Waals surface area contributed by atoms with Crippen LogP contribution >= 0.6 is 0 Å². The quantitative estimate of drug-likeness (QED) is 0.715. The molecule has 1 heteroatoms. The van der Waals surface area contributed by atoms with Gasteiger partial charge in [0.15, 0.2) is 0 Å². The molecule has 1 aromatic carbocycles. The lowest BCUT2D eigenvalue weighted by atomic mass is 9.96. The van der Waals surface area contributed by atoms with Crippen LogP contribution in [0.25, 0.3) is 0 Å². The third-order valence-electron chi connectivity index (χ3n) is 3.98. The van der Waals surface area contributed by atoms with Gasteiger partial charge < -0.3 is 0 Å². The first-order valence-corrected chi connectivity index (χ1v) is 6.87. The molecular formula is C16H25N. The molecule has 17 heavy (non-hydrogen) atoms. The first-order valence-electron chi connectivity index (χ1n) is 6.87. The minimum atomic E-state index is 0.300. The van der Waals surface area contributed by atoms with E-state index in [0.29, 0.717) is 5.54 Å². The first-order chi connectivity index (χ1) is 8.02. The summed E-state index contributed by atoms with van der Waals surface area (Å²) in [7, 11) is 0. The van der Waals surface area contributed by atoms with Crippen LogP contribution in [0.4, 0.5) is 0 Å². The minimum Gasteiger partial charge on any atom is -0.298 e. The largest absolute Gasteiger partial charge is 0.298 e. The van der Waals surface area contributed by atoms with Crippen LogP contribution < -0.4 is 0 Å². The van der Waals surface area contributed by atoms with Crippen molar-refractivity contribution in [3.8, 4) is 0 Å². The summed E-state index contributed by atoms with van der Waals surface area (Å²) in [6, 6.07) is 6.84. The third kappa shape index (κ3) is 2.71. The van der Waals surface area contributed by atoms with Gasteiger partial charge in [-0.05, 0) is 56.7 Å². The Balaban J connectivity index is 2.24. The van der Waals surface area contributed by atoms with Crippen LogP contribution in [0.2, 0.25) is 0 Å². The molecule has 0 fully saturated rings. The van der Waals surface area contributed by atoms with Crippen molar-refractivity contribution < 1.29 is 0 Å². The van der Waals surface area contributed by atoms with Crippen molar-refractivity contribution >= 4 is 0 Å². The zero-order chi connectivity index (χ0) is 12.5. The normalized spacial score (nSPS) is 17.6. The topological polar surface area (TPSA) is 3.24 Å². The van der Waals surface area contributed by atoms with E-state index in [1.54, 1.807) is 16.7 Å². The summed E-state index contributed by atoms with van der Waals surface area (Å²) in [4.78, 5) is 2.62. The van der Waals surface area contributed by atoms with Crippen molar-refractivity contribution in [2.75, 3.05) is 13.1 Å². The summed E-state index contributed by atoms with van der Waals surface area (Å²) < 4.78 is 0. The fourth-order valence-electron chi connectivity index (χ4n) is 2.86. The Morgan fingerprint density at radius 3 is 2.47 bits per heavy atom. The highest BCUT2D eigenvalue weighted by molar-refractivity contribution is 5.36. The third-order valence-corrected chi connectivity index (χ3v) is 3.98. The van der Waals surface area contributed by atoms with Crippen LogP contribution in [0.15, 0.2) is 18.2 Å². The molecule has 1 aliphatic heterocycles. The van der Waals surface area contributed by atoms with Gasteiger partial charge in [0, 0.05) is 18.6 Å². The molecule has 0 spiro atoms. The van der Waals surface area contributed by atoms with E-state index in [9.17, 15) is 0 Å². The monoisotopic (exact) mass is 231 g/mol. The zero-order valence-electron chi connectivity index (χ0n) is 11.7. The molecule has 1 nitrogen and oxygen atoms in total. The highest BCUT2D eigenvalue weighted by Gasteiger charge is 2.24. The molecule has 0 bridgehead atoms. The lowest BCUT2D eigenvalue weighted by Crippen LogP contribution is -2.42. The van der Waals surface area contributed by atoms with Crippen molar-refractivity contribution in [3.05, 3.63) is 34.9 Å². The lowest BCUT2D eigenvalue weighted by molar-refractivity contribution is 0.144. The van der Waals surface area contributed by atoms with E-state index in [2.05, 4.69) is 50.8 Å². The maximum atomic E-state index is 2.62. The van der Waals surface area contributed by atoms with E-state index in [-0.39, 0.29) is 0 Å². The van der Waals surface area contributed by atoms with Crippen molar-refractivity contribution in [2.45, 2.75) is 52.5 Å². The Morgan fingerprint density at radius 1 is 1.12 bits per heavy atom. The fourth-order valence-corrected chi connectivity index (χ4v) is 2.86. The highest BCUT2D eigenvalue weighted by Crippen LogP contribution is 2.24. The molecule has 0 saturated carbocycles. The van der Waals surface area contributed by atoms with Gasteiger partial charge in [0.2, 0.25) is 0 Å². The van der Waals surface area contributed by atoms with E-state index in [1.807, 2.05) is 0 Å². The molecule has 0 amide bonds. The Morgan fingerprint density at radius 2 is 1.82 bits per heavy atom. The van der Waals surface area contributed by atoms with Gasteiger partial charge in [-0.1, -0.05) is 25.1 Å². The molecule has 0 radical (unpaired) electrons. The standard InChI is InChI=1S/C16H25N/c1-5-13-7-6-8-14-9-11-17(16(2,3)4)12-10-15(13)14/h6-8H,5,9-12H2,1-4H3. The van der Waals surface area contributed by atoms with Crippen LogP contribution in [-0.4, -0.2) is 23.5 Å². The molecule has 0 atom stereocenters. The van der Waals surface area contributed by atoms with E-state index in [0.717, 1.165) is 0 Å². The van der Waals surface area contributed by atoms with Crippen LogP contribution in [0.1, 0.15) is 44.4 Å². The Kier molecular flexibility index (Phi) is 3.58. The summed E-state index contributed by atoms with van der Waals surface area (Å²) >= 11 is 0. The van der Waals surface area contributed by atoms with Crippen LogP contribution in [0.5, 0.6) is 0 Å². The maximum Gasteiger partial charge on any atom is 0.0125 e. The fraction of sp³-hybridized carbons (Fsp3) is 0.625. The average Bonchev–Trinajstić information content (AvgIpc) is 2.49. The van der Waals surface area contributed by atoms with E-state index in [1.165, 1.54) is 32.4 Å². The Labute approximate surface area is 106 Å². The predicted molar refractivity (Wildman–Crippen MR) is 74.6 cm³/mol. The molecule has 1 aliphatic rings. The molecule has 2 rings (SSSR count). The molecule has 1 heterocycles. The molecule has 0 N–H and O–H groups in total. The second kappa shape index (κ2) is 4.81. The summed E-state index contributed by atoms with van der Waals surface area (Å²) in [5, 5.41) is 0. The number of fused-ring (bicyclic) bond motifs is 1. The molecule has 0 aromatic heterocycles. The average molecular weight is 231 g/mol. The molecule has 0 saturated heterocycles. The zero-order valence-corrected chi connectivity index (χ0v) is 11.7. The van der Waals surface area contributed by atoms with Crippen molar-refractivity contribution in [1.29, 1.82) is 0 Å². The van der Waals surface area contributed by atoms with Crippen LogP contribution in [0.3, 0.4) is 0 Å². The second-order valence-electron chi connectivity index (χ2n) is 6.07. The Hall–Kier alpha value is -0.820. The van der Waals surface area contributed by atoms with Crippen molar-refractivity contribution in [3.63, 3.8) is 0 Å². The number of nitrogens with zero attached hydrogens (tertiary/aromatic N) is 1. The van der Waals surface area contributed by atoms with Gasteiger partial charge in [-0.15, -0.1) is 0 Å². The SMILES string of the molecule is CCc1cccc2c1CCN(C(C)(C)C)CC2. The smallest absolute Gasteiger partial charge is 0.0125 e. The molecule has 0 unspecified atom stereocenters. The van der Waals surface area contributed by atoms with Gasteiger partial charge in [-0.25, -0.2) is 0 Å². The number of aryl methyl sites for hydroxylation is 1. The van der Waals surface area contributed by atoms with Crippen LogP contribution in [-0.2, 0) is 19.3 Å². The number of hydrogen-bond acceptors (Lipinski definition) is 1. The highest BCUT2D eigenvalue weighted by atomic mass is 15.2. The van der Waals surface area contributed by atoms with Gasteiger partial charge in [0.05, 0.1) is 0 Å². The van der Waals surface area contributed by atoms with Gasteiger partial charge >= 0.3 is 0 Å².